The molecule has 0 aromatic heterocycles. The molecule has 1 amide bonds. The number of nitriles is 1. The van der Waals surface area contributed by atoms with E-state index in [2.05, 4.69) is 10.9 Å². The van der Waals surface area contributed by atoms with Gasteiger partial charge in [-0.2, -0.15) is 18.4 Å². The smallest absolute Gasteiger partial charge is 0.426 e. The van der Waals surface area contributed by atoms with Gasteiger partial charge >= 0.3 is 12.3 Å². The Balaban J connectivity index is 2.85. The fraction of sp³-hybridized carbons (Fsp3) is 0.385. The number of hydrazine groups is 1. The highest BCUT2D eigenvalue weighted by molar-refractivity contribution is 5.70. The predicted molar refractivity (Wildman–Crippen MR) is 69.2 cm³/mol. The number of alkyl halides is 3. The van der Waals surface area contributed by atoms with Crippen LogP contribution in [0.4, 0.5) is 23.7 Å². The number of hydrogen-bond donors (Lipinski definition) is 2. The summed E-state index contributed by atoms with van der Waals surface area (Å²) in [5, 5.41) is 8.73. The maximum absolute atomic E-state index is 12.7. The highest BCUT2D eigenvalue weighted by Crippen LogP contribution is 2.31. The summed E-state index contributed by atoms with van der Waals surface area (Å²) in [5.41, 5.74) is 2.39. The molecule has 0 aliphatic carbocycles. The Hall–Kier alpha value is -2.43. The minimum atomic E-state index is -4.59. The van der Waals surface area contributed by atoms with Crippen LogP contribution in [0, 0.1) is 11.3 Å². The molecule has 0 fully saturated rings. The molecule has 8 heteroatoms. The molecular formula is C13H14F3N3O2. The number of ether oxygens (including phenoxy) is 1. The Kier molecular flexibility index (Phi) is 4.68. The third-order valence-corrected chi connectivity index (χ3v) is 2.10. The minimum Gasteiger partial charge on any atom is -0.443 e. The second-order valence-corrected chi connectivity index (χ2v) is 5.16. The lowest BCUT2D eigenvalue weighted by atomic mass is 10.1. The Morgan fingerprint density at radius 2 is 1.86 bits per heavy atom. The van der Waals surface area contributed by atoms with Crippen molar-refractivity contribution in [2.24, 2.45) is 0 Å². The zero-order valence-corrected chi connectivity index (χ0v) is 11.6. The number of nitrogens with one attached hydrogen (secondary N) is 2. The number of nitrogens with zero attached hydrogens (tertiary/aromatic N) is 1. The monoisotopic (exact) mass is 301 g/mol. The van der Waals surface area contributed by atoms with Gasteiger partial charge in [0.1, 0.15) is 5.60 Å². The van der Waals surface area contributed by atoms with E-state index in [-0.39, 0.29) is 11.3 Å². The van der Waals surface area contributed by atoms with Crippen molar-refractivity contribution < 1.29 is 22.7 Å². The van der Waals surface area contributed by atoms with E-state index in [9.17, 15) is 18.0 Å². The van der Waals surface area contributed by atoms with Gasteiger partial charge in [0.25, 0.3) is 0 Å². The highest BCUT2D eigenvalue weighted by Gasteiger charge is 2.31. The SMILES string of the molecule is CC(C)(C)OC(=O)NNc1cc(C#N)cc(C(F)(F)F)c1. The van der Waals surface area contributed by atoms with Crippen molar-refractivity contribution in [1.82, 2.24) is 5.43 Å². The first-order valence-electron chi connectivity index (χ1n) is 5.88. The van der Waals surface area contributed by atoms with Gasteiger partial charge in [0.05, 0.1) is 22.9 Å². The topological polar surface area (TPSA) is 74.2 Å². The summed E-state index contributed by atoms with van der Waals surface area (Å²) in [5.74, 6) is 0. The van der Waals surface area contributed by atoms with E-state index in [1.54, 1.807) is 26.8 Å². The number of carbonyl (C=O) groups excluding carboxylic acids is 1. The molecule has 0 aliphatic heterocycles. The van der Waals surface area contributed by atoms with Crippen LogP contribution in [0.1, 0.15) is 31.9 Å². The second-order valence-electron chi connectivity index (χ2n) is 5.16. The largest absolute Gasteiger partial charge is 0.443 e. The standard InChI is InChI=1S/C13H14F3N3O2/c1-12(2,3)21-11(20)19-18-10-5-8(7-17)4-9(6-10)13(14,15)16/h4-6,18H,1-3H3,(H,19,20). The number of hydrogen-bond acceptors (Lipinski definition) is 4. The maximum atomic E-state index is 12.7. The lowest BCUT2D eigenvalue weighted by Crippen LogP contribution is -2.35. The molecule has 21 heavy (non-hydrogen) atoms. The number of carbonyl (C=O) groups is 1. The summed E-state index contributed by atoms with van der Waals surface area (Å²) in [6.07, 6.45) is -5.44. The van der Waals surface area contributed by atoms with Gasteiger partial charge < -0.3 is 4.74 Å². The molecule has 1 aromatic rings. The van der Waals surface area contributed by atoms with Crippen LogP contribution in [-0.4, -0.2) is 11.7 Å². The number of rotatable bonds is 2. The molecule has 0 saturated carbocycles. The van der Waals surface area contributed by atoms with Crippen molar-refractivity contribution >= 4 is 11.8 Å². The van der Waals surface area contributed by atoms with Crippen LogP contribution < -0.4 is 10.9 Å². The first-order chi connectivity index (χ1) is 9.51. The molecule has 0 saturated heterocycles. The van der Waals surface area contributed by atoms with Gasteiger partial charge in [-0.25, -0.2) is 10.2 Å². The van der Waals surface area contributed by atoms with E-state index in [4.69, 9.17) is 10.00 Å². The summed E-state index contributed by atoms with van der Waals surface area (Å²) in [4.78, 5) is 11.4. The van der Waals surface area contributed by atoms with Gasteiger partial charge in [-0.05, 0) is 39.0 Å². The first-order valence-corrected chi connectivity index (χ1v) is 5.88. The van der Waals surface area contributed by atoms with Gasteiger partial charge in [0.15, 0.2) is 0 Å². The normalized spacial score (nSPS) is 11.5. The van der Waals surface area contributed by atoms with Crippen molar-refractivity contribution in [3.8, 4) is 6.07 Å². The van der Waals surface area contributed by atoms with Crippen molar-refractivity contribution in [2.75, 3.05) is 5.43 Å². The molecule has 114 valence electrons. The van der Waals surface area contributed by atoms with Crippen molar-refractivity contribution in [2.45, 2.75) is 32.5 Å². The third-order valence-electron chi connectivity index (χ3n) is 2.10. The van der Waals surface area contributed by atoms with Crippen LogP contribution in [0.5, 0.6) is 0 Å². The molecule has 1 aromatic carbocycles. The summed E-state index contributed by atoms with van der Waals surface area (Å²) in [6, 6.07) is 4.29. The van der Waals surface area contributed by atoms with Gasteiger partial charge in [-0.3, -0.25) is 5.43 Å². The lowest BCUT2D eigenvalue weighted by Gasteiger charge is -2.20. The average Bonchev–Trinajstić information content (AvgIpc) is 2.33. The Morgan fingerprint density at radius 3 is 2.33 bits per heavy atom. The van der Waals surface area contributed by atoms with Crippen molar-refractivity contribution in [1.29, 1.82) is 5.26 Å². The molecule has 2 N–H and O–H groups in total. The minimum absolute atomic E-state index is 0.0766. The van der Waals surface area contributed by atoms with Crippen LogP contribution in [0.15, 0.2) is 18.2 Å². The highest BCUT2D eigenvalue weighted by atomic mass is 19.4. The van der Waals surface area contributed by atoms with Crippen molar-refractivity contribution in [3.63, 3.8) is 0 Å². The van der Waals surface area contributed by atoms with E-state index in [0.717, 1.165) is 12.1 Å². The summed E-state index contributed by atoms with van der Waals surface area (Å²) >= 11 is 0. The molecule has 0 bridgehead atoms. The van der Waals surface area contributed by atoms with Crippen LogP contribution in [0.2, 0.25) is 0 Å². The fourth-order valence-corrected chi connectivity index (χ4v) is 1.35. The molecule has 0 heterocycles. The Morgan fingerprint density at radius 1 is 1.24 bits per heavy atom. The van der Waals surface area contributed by atoms with Gasteiger partial charge in [0, 0.05) is 0 Å². The van der Waals surface area contributed by atoms with E-state index < -0.39 is 23.4 Å². The van der Waals surface area contributed by atoms with Crippen molar-refractivity contribution in [3.05, 3.63) is 29.3 Å². The zero-order chi connectivity index (χ0) is 16.3. The molecule has 0 atom stereocenters. The quantitative estimate of drug-likeness (QED) is 0.821. The third kappa shape index (κ3) is 5.60. The predicted octanol–water partition coefficient (Wildman–Crippen LogP) is 3.43. The second kappa shape index (κ2) is 5.91. The number of halogens is 3. The molecule has 5 nitrogen and oxygen atoms in total. The van der Waals surface area contributed by atoms with Crippen LogP contribution in [0.3, 0.4) is 0 Å². The van der Waals surface area contributed by atoms with E-state index >= 15 is 0 Å². The molecule has 1 rings (SSSR count). The number of benzene rings is 1. The molecule has 0 radical (unpaired) electrons. The summed E-state index contributed by atoms with van der Waals surface area (Å²) in [7, 11) is 0. The zero-order valence-electron chi connectivity index (χ0n) is 11.6. The van der Waals surface area contributed by atoms with Crippen LogP contribution >= 0.6 is 0 Å². The van der Waals surface area contributed by atoms with Crippen LogP contribution in [0.25, 0.3) is 0 Å². The summed E-state index contributed by atoms with van der Waals surface area (Å²) < 4.78 is 42.9. The molecule has 0 spiro atoms. The van der Waals surface area contributed by atoms with Crippen LogP contribution in [-0.2, 0) is 10.9 Å². The average molecular weight is 301 g/mol. The Bertz CT molecular complexity index is 571. The van der Waals surface area contributed by atoms with Gasteiger partial charge in [-0.1, -0.05) is 0 Å². The lowest BCUT2D eigenvalue weighted by molar-refractivity contribution is -0.137. The summed E-state index contributed by atoms with van der Waals surface area (Å²) in [6.45, 7) is 4.93. The van der Waals surface area contributed by atoms with E-state index in [1.807, 2.05) is 0 Å². The molecule has 0 aliphatic rings. The number of anilines is 1. The first kappa shape index (κ1) is 16.6. The Labute approximate surface area is 119 Å². The molecular weight excluding hydrogens is 287 g/mol. The fourth-order valence-electron chi connectivity index (χ4n) is 1.35. The van der Waals surface area contributed by atoms with E-state index in [0.29, 0.717) is 0 Å². The van der Waals surface area contributed by atoms with E-state index in [1.165, 1.54) is 6.07 Å². The van der Waals surface area contributed by atoms with Gasteiger partial charge in [-0.15, -0.1) is 0 Å². The number of amides is 1. The van der Waals surface area contributed by atoms with Gasteiger partial charge in [0.2, 0.25) is 0 Å². The maximum Gasteiger partial charge on any atom is 0.426 e. The molecule has 0 unspecified atom stereocenters.